The van der Waals surface area contributed by atoms with Crippen LogP contribution in [0.1, 0.15) is 38.2 Å². The van der Waals surface area contributed by atoms with E-state index >= 15 is 0 Å². The van der Waals surface area contributed by atoms with Gasteiger partial charge in [0.1, 0.15) is 0 Å². The number of hydrogen-bond donors (Lipinski definition) is 0. The molecule has 0 unspecified atom stereocenters. The number of ketones is 1. The van der Waals surface area contributed by atoms with Crippen LogP contribution in [-0.4, -0.2) is 5.78 Å². The zero-order valence-electron chi connectivity index (χ0n) is 20.0. The monoisotopic (exact) mass is 462 g/mol. The highest BCUT2D eigenvalue weighted by Crippen LogP contribution is 2.27. The summed E-state index contributed by atoms with van der Waals surface area (Å²) in [7, 11) is 0. The molecule has 0 amide bonds. The van der Waals surface area contributed by atoms with Crippen molar-refractivity contribution >= 4 is 27.3 Å². The standard InChI is InChI=1S/C35H26O/c36-35(33-21-7-3-13-29(33)23-27-17-9-15-25-11-1-5-19-31(25)27)34-22-8-4-14-30(34)24-28-18-10-16-26-12-2-6-20-32(26)28/h1-22H,23-24H2. The van der Waals surface area contributed by atoms with Gasteiger partial charge in [0, 0.05) is 11.1 Å². The van der Waals surface area contributed by atoms with E-state index in [0.717, 1.165) is 35.1 Å². The smallest absolute Gasteiger partial charge is 0.193 e. The molecular formula is C35H26O. The van der Waals surface area contributed by atoms with Gasteiger partial charge in [-0.3, -0.25) is 4.79 Å². The molecular weight excluding hydrogens is 436 g/mol. The van der Waals surface area contributed by atoms with Crippen molar-refractivity contribution in [2.75, 3.05) is 0 Å². The lowest BCUT2D eigenvalue weighted by atomic mass is 9.89. The minimum absolute atomic E-state index is 0.0849. The Bertz CT molecular complexity index is 1570. The Kier molecular flexibility index (Phi) is 5.89. The van der Waals surface area contributed by atoms with Crippen molar-refractivity contribution in [3.05, 3.63) is 167 Å². The molecule has 36 heavy (non-hydrogen) atoms. The highest BCUT2D eigenvalue weighted by Gasteiger charge is 2.18. The third-order valence-corrected chi connectivity index (χ3v) is 7.05. The Balaban J connectivity index is 1.38. The fourth-order valence-corrected chi connectivity index (χ4v) is 5.24. The molecule has 6 rings (SSSR count). The van der Waals surface area contributed by atoms with E-state index in [9.17, 15) is 4.79 Å². The molecule has 0 aliphatic rings. The maximum absolute atomic E-state index is 14.0. The van der Waals surface area contributed by atoms with Gasteiger partial charge in [-0.1, -0.05) is 133 Å². The van der Waals surface area contributed by atoms with Gasteiger partial charge in [0.05, 0.1) is 0 Å². The lowest BCUT2D eigenvalue weighted by molar-refractivity contribution is 0.103. The van der Waals surface area contributed by atoms with Crippen LogP contribution < -0.4 is 0 Å². The molecule has 0 bridgehead atoms. The first-order valence-corrected chi connectivity index (χ1v) is 12.4. The Morgan fingerprint density at radius 1 is 0.389 bits per heavy atom. The van der Waals surface area contributed by atoms with Gasteiger partial charge >= 0.3 is 0 Å². The summed E-state index contributed by atoms with van der Waals surface area (Å²) in [5.41, 5.74) is 6.12. The number of benzene rings is 6. The molecule has 0 N–H and O–H groups in total. The van der Waals surface area contributed by atoms with E-state index in [2.05, 4.69) is 97.1 Å². The minimum atomic E-state index is 0.0849. The molecule has 0 aromatic heterocycles. The zero-order valence-corrected chi connectivity index (χ0v) is 20.0. The Hall–Kier alpha value is -4.49. The van der Waals surface area contributed by atoms with Crippen molar-refractivity contribution in [1.29, 1.82) is 0 Å². The van der Waals surface area contributed by atoms with Crippen molar-refractivity contribution in [2.45, 2.75) is 12.8 Å². The van der Waals surface area contributed by atoms with Gasteiger partial charge in [-0.2, -0.15) is 0 Å². The number of hydrogen-bond acceptors (Lipinski definition) is 1. The molecule has 0 saturated carbocycles. The summed E-state index contributed by atoms with van der Waals surface area (Å²) in [6.45, 7) is 0. The highest BCUT2D eigenvalue weighted by molar-refractivity contribution is 6.11. The van der Waals surface area contributed by atoms with Crippen LogP contribution in [0, 0.1) is 0 Å². The van der Waals surface area contributed by atoms with E-state index in [0.29, 0.717) is 0 Å². The molecule has 0 spiro atoms. The van der Waals surface area contributed by atoms with Crippen LogP contribution in [-0.2, 0) is 12.8 Å². The number of fused-ring (bicyclic) bond motifs is 2. The maximum Gasteiger partial charge on any atom is 0.193 e. The van der Waals surface area contributed by atoms with Crippen LogP contribution in [0.25, 0.3) is 21.5 Å². The van der Waals surface area contributed by atoms with Crippen molar-refractivity contribution in [3.63, 3.8) is 0 Å². The SMILES string of the molecule is O=C(c1ccccc1Cc1cccc2ccccc12)c1ccccc1Cc1cccc2ccccc12. The lowest BCUT2D eigenvalue weighted by Gasteiger charge is -2.14. The first-order valence-electron chi connectivity index (χ1n) is 12.4. The molecule has 0 saturated heterocycles. The summed E-state index contributed by atoms with van der Waals surface area (Å²) in [6, 6.07) is 45.8. The molecule has 6 aromatic rings. The molecule has 6 aromatic carbocycles. The molecule has 1 heteroatoms. The normalized spacial score (nSPS) is 11.1. The minimum Gasteiger partial charge on any atom is -0.289 e. The van der Waals surface area contributed by atoms with Gasteiger partial charge in [-0.25, -0.2) is 0 Å². The molecule has 172 valence electrons. The van der Waals surface area contributed by atoms with Crippen LogP contribution in [0.5, 0.6) is 0 Å². The fourth-order valence-electron chi connectivity index (χ4n) is 5.24. The summed E-state index contributed by atoms with van der Waals surface area (Å²) in [5, 5.41) is 4.91. The van der Waals surface area contributed by atoms with Crippen molar-refractivity contribution in [2.24, 2.45) is 0 Å². The first kappa shape index (κ1) is 22.0. The summed E-state index contributed by atoms with van der Waals surface area (Å²) < 4.78 is 0. The number of carbonyl (C=O) groups excluding carboxylic acids is 1. The molecule has 1 nitrogen and oxygen atoms in total. The van der Waals surface area contributed by atoms with E-state index in [1.165, 1.54) is 32.7 Å². The first-order chi connectivity index (χ1) is 17.8. The molecule has 0 fully saturated rings. The van der Waals surface area contributed by atoms with Gasteiger partial charge in [0.25, 0.3) is 0 Å². The second-order valence-corrected chi connectivity index (χ2v) is 9.27. The summed E-state index contributed by atoms with van der Waals surface area (Å²) in [6.07, 6.45) is 1.43. The molecule has 0 radical (unpaired) electrons. The van der Waals surface area contributed by atoms with Crippen LogP contribution in [0.3, 0.4) is 0 Å². The summed E-state index contributed by atoms with van der Waals surface area (Å²) in [5.74, 6) is 0.0849. The number of rotatable bonds is 6. The molecule has 0 atom stereocenters. The maximum atomic E-state index is 14.0. The summed E-state index contributed by atoms with van der Waals surface area (Å²) in [4.78, 5) is 14.0. The third-order valence-electron chi connectivity index (χ3n) is 7.05. The predicted octanol–water partition coefficient (Wildman–Crippen LogP) is 8.41. The Morgan fingerprint density at radius 3 is 1.25 bits per heavy atom. The van der Waals surface area contributed by atoms with Crippen molar-refractivity contribution in [1.82, 2.24) is 0 Å². The van der Waals surface area contributed by atoms with Crippen LogP contribution in [0.4, 0.5) is 0 Å². The molecule has 0 aliphatic carbocycles. The van der Waals surface area contributed by atoms with Crippen molar-refractivity contribution in [3.8, 4) is 0 Å². The lowest BCUT2D eigenvalue weighted by Crippen LogP contribution is -2.09. The third kappa shape index (κ3) is 4.21. The predicted molar refractivity (Wildman–Crippen MR) is 150 cm³/mol. The van der Waals surface area contributed by atoms with Crippen LogP contribution in [0.2, 0.25) is 0 Å². The Morgan fingerprint density at radius 2 is 0.750 bits per heavy atom. The zero-order chi connectivity index (χ0) is 24.3. The second kappa shape index (κ2) is 9.64. The fraction of sp³-hybridized carbons (Fsp3) is 0.0571. The van der Waals surface area contributed by atoms with Gasteiger partial charge in [0.2, 0.25) is 0 Å². The van der Waals surface area contributed by atoms with Gasteiger partial charge in [-0.15, -0.1) is 0 Å². The average Bonchev–Trinajstić information content (AvgIpc) is 2.94. The largest absolute Gasteiger partial charge is 0.289 e. The summed E-state index contributed by atoms with van der Waals surface area (Å²) >= 11 is 0. The van der Waals surface area contributed by atoms with Gasteiger partial charge in [0.15, 0.2) is 5.78 Å². The second-order valence-electron chi connectivity index (χ2n) is 9.27. The van der Waals surface area contributed by atoms with E-state index < -0.39 is 0 Å². The van der Waals surface area contributed by atoms with E-state index in [4.69, 9.17) is 0 Å². The molecule has 0 heterocycles. The van der Waals surface area contributed by atoms with Gasteiger partial charge in [-0.05, 0) is 56.6 Å². The average molecular weight is 463 g/mol. The molecule has 0 aliphatic heterocycles. The Labute approximate surface area is 211 Å². The van der Waals surface area contributed by atoms with Crippen LogP contribution >= 0.6 is 0 Å². The highest BCUT2D eigenvalue weighted by atomic mass is 16.1. The van der Waals surface area contributed by atoms with E-state index in [-0.39, 0.29) is 5.78 Å². The van der Waals surface area contributed by atoms with E-state index in [1.807, 2.05) is 36.4 Å². The van der Waals surface area contributed by atoms with Gasteiger partial charge < -0.3 is 0 Å². The van der Waals surface area contributed by atoms with Crippen molar-refractivity contribution < 1.29 is 4.79 Å². The topological polar surface area (TPSA) is 17.1 Å². The van der Waals surface area contributed by atoms with Crippen LogP contribution in [0.15, 0.2) is 133 Å². The van der Waals surface area contributed by atoms with E-state index in [1.54, 1.807) is 0 Å². The quantitative estimate of drug-likeness (QED) is 0.227. The number of carbonyl (C=O) groups is 1.